The maximum Gasteiger partial charge on any atom is 0.329 e. The van der Waals surface area contributed by atoms with Crippen LogP contribution in [0, 0.1) is 5.92 Å². The van der Waals surface area contributed by atoms with Crippen LogP contribution in [0.5, 0.6) is 11.5 Å². The van der Waals surface area contributed by atoms with Crippen LogP contribution >= 0.6 is 0 Å². The van der Waals surface area contributed by atoms with Gasteiger partial charge in [0.15, 0.2) is 0 Å². The summed E-state index contributed by atoms with van der Waals surface area (Å²) in [5.41, 5.74) is 1.60. The second-order valence-electron chi connectivity index (χ2n) is 18.7. The van der Waals surface area contributed by atoms with Crippen molar-refractivity contribution in [1.82, 2.24) is 36.4 Å². The maximum atomic E-state index is 15.2. The number of methoxy groups -OCH3 is 1. The number of piperidine rings is 1. The molecule has 2 saturated heterocycles. The normalized spacial score (nSPS) is 23.9. The first-order valence-corrected chi connectivity index (χ1v) is 24.4. The first-order chi connectivity index (χ1) is 34.7. The summed E-state index contributed by atoms with van der Waals surface area (Å²) in [5, 5.41) is 44.2. The predicted molar refractivity (Wildman–Crippen MR) is 263 cm³/mol. The van der Waals surface area contributed by atoms with Crippen LogP contribution in [0.2, 0.25) is 0 Å². The zero-order valence-electron chi connectivity index (χ0n) is 41.9. The Bertz CT molecular complexity index is 2440. The summed E-state index contributed by atoms with van der Waals surface area (Å²) < 4.78 is 11.2. The number of phenols is 1. The molecule has 394 valence electrons. The van der Waals surface area contributed by atoms with Gasteiger partial charge in [-0.05, 0) is 79.5 Å². The molecular weight excluding hydrogens is 947 g/mol. The highest BCUT2D eigenvalue weighted by atomic mass is 16.5. The number of hydrogen-bond donors (Lipinski definition) is 8. The monoisotopic (exact) mass is 1010 g/mol. The molecule has 7 amide bonds. The molecule has 2 bridgehead atoms. The Kier molecular flexibility index (Phi) is 20.3. The molecule has 3 aromatic rings. The van der Waals surface area contributed by atoms with Crippen LogP contribution in [0.25, 0.3) is 0 Å². The van der Waals surface area contributed by atoms with E-state index in [2.05, 4.69) is 26.6 Å². The Morgan fingerprint density at radius 3 is 2.01 bits per heavy atom. The third kappa shape index (κ3) is 15.5. The number of amides is 7. The van der Waals surface area contributed by atoms with E-state index in [9.17, 15) is 53.7 Å². The molecule has 0 spiro atoms. The number of carboxylic acid groups (broad SMARTS) is 1. The van der Waals surface area contributed by atoms with Crippen LogP contribution in [0.15, 0.2) is 78.9 Å². The molecule has 0 radical (unpaired) electrons. The number of hydrogen-bond acceptors (Lipinski definition) is 13. The minimum atomic E-state index is -1.85. The average Bonchev–Trinajstić information content (AvgIpc) is 3.35. The molecule has 9 atom stereocenters. The third-order valence-electron chi connectivity index (χ3n) is 12.9. The summed E-state index contributed by atoms with van der Waals surface area (Å²) in [4.78, 5) is 129. The molecule has 0 aliphatic carbocycles. The number of ether oxygens (including phenoxy) is 2. The van der Waals surface area contributed by atoms with Gasteiger partial charge in [-0.1, -0.05) is 75.4 Å². The highest BCUT2D eigenvalue weighted by Gasteiger charge is 2.46. The molecule has 2 fully saturated rings. The lowest BCUT2D eigenvalue weighted by Crippen LogP contribution is -2.65. The Morgan fingerprint density at radius 1 is 0.781 bits per heavy atom. The number of aliphatic hydroxyl groups excluding tert-OH is 1. The number of nitrogens with zero attached hydrogens (tertiary/aromatic N) is 2. The molecule has 21 heteroatoms. The Labute approximate surface area is 423 Å². The number of aromatic hydroxyl groups is 1. The van der Waals surface area contributed by atoms with Gasteiger partial charge in [0.2, 0.25) is 41.4 Å². The van der Waals surface area contributed by atoms with Gasteiger partial charge in [0.25, 0.3) is 0 Å². The van der Waals surface area contributed by atoms with E-state index in [-0.39, 0.29) is 44.3 Å². The SMILES string of the molecule is CCCC(=O)NC(CCC(=O)O)C(=O)NC1C(=O)NC(Cc2ccc(O)cc2)C(=O)NC2CCC(O)N(C2=O)C(Cc2ccccc2)C(=O)N(C)C(Cc2ccc(OC)cc2)C(=O)NC(C(C)C)C(=O)OC1C. The number of phenolic OH excluding ortho intramolecular Hbond substituents is 1. The van der Waals surface area contributed by atoms with Gasteiger partial charge in [-0.2, -0.15) is 0 Å². The van der Waals surface area contributed by atoms with Crippen LogP contribution in [-0.4, -0.2) is 147 Å². The number of nitrogens with one attached hydrogen (secondary N) is 5. The zero-order chi connectivity index (χ0) is 53.5. The van der Waals surface area contributed by atoms with Crippen LogP contribution in [0.3, 0.4) is 0 Å². The number of likely N-dealkylation sites (N-methyl/N-ethyl adjacent to an activating group) is 1. The van der Waals surface area contributed by atoms with Crippen molar-refractivity contribution in [3.8, 4) is 11.5 Å². The van der Waals surface area contributed by atoms with Crippen LogP contribution < -0.4 is 31.3 Å². The largest absolute Gasteiger partial charge is 0.508 e. The van der Waals surface area contributed by atoms with Crippen molar-refractivity contribution < 1.29 is 67.9 Å². The van der Waals surface area contributed by atoms with Crippen molar-refractivity contribution in [2.24, 2.45) is 5.92 Å². The number of rotatable bonds is 16. The van der Waals surface area contributed by atoms with E-state index < -0.39 is 127 Å². The maximum absolute atomic E-state index is 15.2. The molecule has 5 rings (SSSR count). The van der Waals surface area contributed by atoms with E-state index >= 15 is 4.79 Å². The van der Waals surface area contributed by atoms with E-state index in [1.807, 2.05) is 0 Å². The molecule has 2 aliphatic rings. The Morgan fingerprint density at radius 2 is 1.40 bits per heavy atom. The van der Waals surface area contributed by atoms with Gasteiger partial charge in [-0.25, -0.2) is 4.79 Å². The summed E-state index contributed by atoms with van der Waals surface area (Å²) >= 11 is 0. The number of esters is 1. The number of cyclic esters (lactones) is 1. The van der Waals surface area contributed by atoms with Gasteiger partial charge in [-0.3, -0.25) is 38.4 Å². The summed E-state index contributed by atoms with van der Waals surface area (Å²) in [5.74, 6) is -8.62. The first kappa shape index (κ1) is 56.4. The quantitative estimate of drug-likeness (QED) is 0.0938. The van der Waals surface area contributed by atoms with E-state index in [0.717, 1.165) is 9.80 Å². The van der Waals surface area contributed by atoms with E-state index in [4.69, 9.17) is 9.47 Å². The molecule has 3 aromatic carbocycles. The van der Waals surface area contributed by atoms with E-state index in [1.54, 1.807) is 75.4 Å². The molecule has 2 aliphatic heterocycles. The third-order valence-corrected chi connectivity index (χ3v) is 12.9. The van der Waals surface area contributed by atoms with Gasteiger partial charge in [0.05, 0.1) is 7.11 Å². The number of carbonyl (C=O) groups is 9. The van der Waals surface area contributed by atoms with Gasteiger partial charge in [0.1, 0.15) is 66.1 Å². The van der Waals surface area contributed by atoms with Gasteiger partial charge in [-0.15, -0.1) is 0 Å². The minimum Gasteiger partial charge on any atom is -0.508 e. The fourth-order valence-electron chi connectivity index (χ4n) is 8.68. The fourth-order valence-corrected chi connectivity index (χ4v) is 8.68. The number of benzene rings is 3. The van der Waals surface area contributed by atoms with Crippen molar-refractivity contribution >= 4 is 53.3 Å². The summed E-state index contributed by atoms with van der Waals surface area (Å²) in [6.07, 6.45) is -4.40. The van der Waals surface area contributed by atoms with Gasteiger partial charge in [0, 0.05) is 39.2 Å². The first-order valence-electron chi connectivity index (χ1n) is 24.4. The Hall–Kier alpha value is -7.55. The zero-order valence-corrected chi connectivity index (χ0v) is 41.9. The molecule has 0 aromatic heterocycles. The van der Waals surface area contributed by atoms with Crippen molar-refractivity contribution in [2.75, 3.05) is 14.2 Å². The lowest BCUT2D eigenvalue weighted by atomic mass is 9.95. The van der Waals surface area contributed by atoms with Crippen molar-refractivity contribution in [3.05, 3.63) is 95.6 Å². The molecular formula is C52H67N7O14. The predicted octanol–water partition coefficient (Wildman–Crippen LogP) is 1.26. The van der Waals surface area contributed by atoms with Crippen LogP contribution in [-0.2, 0) is 67.2 Å². The number of aliphatic carboxylic acids is 1. The van der Waals surface area contributed by atoms with Crippen molar-refractivity contribution in [2.45, 2.75) is 140 Å². The molecule has 2 heterocycles. The smallest absolute Gasteiger partial charge is 0.329 e. The second kappa shape index (κ2) is 26.2. The second-order valence-corrected chi connectivity index (χ2v) is 18.7. The number of carboxylic acids is 1. The topological polar surface area (TPSA) is 299 Å². The highest BCUT2D eigenvalue weighted by molar-refractivity contribution is 5.98. The molecule has 9 unspecified atom stereocenters. The standard InChI is InChI=1S/C52H67N7O14/c1-7-11-41(61)53-36(23-25-43(63)64)46(65)57-45-30(4)73-52(71)44(29(2)3)56-48(67)39(27-33-16-20-35(72-6)21-17-33)58(5)51(70)40(28-31-12-9-8-10-13-31)59-42(62)24-22-37(50(59)69)54-47(66)38(55-49(45)68)26-32-14-18-34(60)19-15-32/h8-10,12-21,29-30,36-40,42,44-45,60,62H,7,11,22-28H2,1-6H3,(H,53,61)(H,54,66)(H,55,68)(H,56,67)(H,57,65)(H,63,64). The highest BCUT2D eigenvalue weighted by Crippen LogP contribution is 2.26. The Balaban J connectivity index is 1.65. The van der Waals surface area contributed by atoms with Crippen molar-refractivity contribution in [1.29, 1.82) is 0 Å². The average molecular weight is 1010 g/mol. The minimum absolute atomic E-state index is 0.00997. The van der Waals surface area contributed by atoms with Crippen LogP contribution in [0.1, 0.15) is 82.9 Å². The molecule has 73 heavy (non-hydrogen) atoms. The lowest BCUT2D eigenvalue weighted by molar-refractivity contribution is -0.165. The summed E-state index contributed by atoms with van der Waals surface area (Å²) in [6, 6.07) is 10.6. The number of carbonyl (C=O) groups excluding carboxylic acids is 8. The number of fused-ring (bicyclic) bond motifs is 2. The number of aliphatic hydroxyl groups is 1. The summed E-state index contributed by atoms with van der Waals surface area (Å²) in [6.45, 7) is 6.21. The van der Waals surface area contributed by atoms with E-state index in [1.165, 1.54) is 45.3 Å². The van der Waals surface area contributed by atoms with Gasteiger partial charge < -0.3 is 61.2 Å². The van der Waals surface area contributed by atoms with Crippen LogP contribution in [0.4, 0.5) is 0 Å². The van der Waals surface area contributed by atoms with Gasteiger partial charge >= 0.3 is 11.9 Å². The lowest BCUT2D eigenvalue weighted by Gasteiger charge is -2.43. The van der Waals surface area contributed by atoms with E-state index in [0.29, 0.717) is 28.9 Å². The van der Waals surface area contributed by atoms with Crippen molar-refractivity contribution in [3.63, 3.8) is 0 Å². The fraction of sp³-hybridized carbons (Fsp3) is 0.481. The molecule has 21 nitrogen and oxygen atoms in total. The molecule has 8 N–H and O–H groups in total. The summed E-state index contributed by atoms with van der Waals surface area (Å²) in [7, 11) is 2.85. The molecule has 0 saturated carbocycles.